The zero-order valence-electron chi connectivity index (χ0n) is 14.8. The van der Waals surface area contributed by atoms with Gasteiger partial charge in [0.05, 0.1) is 0 Å². The number of amides is 1. The number of hydrogen-bond donors (Lipinski definition) is 3. The summed E-state index contributed by atoms with van der Waals surface area (Å²) in [7, 11) is 0. The van der Waals surface area contributed by atoms with Crippen LogP contribution in [-0.2, 0) is 22.4 Å². The first-order valence-corrected chi connectivity index (χ1v) is 9.39. The zero-order chi connectivity index (χ0) is 18.1. The number of carbonyl (C=O) groups is 2. The van der Waals surface area contributed by atoms with Crippen LogP contribution in [0.3, 0.4) is 0 Å². The molecule has 0 saturated carbocycles. The molecule has 0 radical (unpaired) electrons. The zero-order valence-corrected chi connectivity index (χ0v) is 14.8. The van der Waals surface area contributed by atoms with Gasteiger partial charge in [0.25, 0.3) is 0 Å². The monoisotopic (exact) mass is 359 g/mol. The van der Waals surface area contributed by atoms with E-state index >= 15 is 0 Å². The van der Waals surface area contributed by atoms with Gasteiger partial charge in [-0.2, -0.15) is 0 Å². The molecule has 7 nitrogen and oxygen atoms in total. The molecule has 2 saturated heterocycles. The number of rotatable bonds is 4. The summed E-state index contributed by atoms with van der Waals surface area (Å²) in [6.07, 6.45) is 4.60. The number of nitrogens with one attached hydrogen (secondary N) is 2. The van der Waals surface area contributed by atoms with Gasteiger partial charge in [-0.25, -0.2) is 10.2 Å². The summed E-state index contributed by atoms with van der Waals surface area (Å²) in [6, 6.07) is 5.69. The van der Waals surface area contributed by atoms with Crippen LogP contribution in [-0.4, -0.2) is 53.2 Å². The Hall–Kier alpha value is -2.12. The highest BCUT2D eigenvalue weighted by atomic mass is 16.5. The van der Waals surface area contributed by atoms with Gasteiger partial charge in [0, 0.05) is 32.5 Å². The summed E-state index contributed by atoms with van der Waals surface area (Å²) in [5.74, 6) is -0.299. The van der Waals surface area contributed by atoms with Crippen LogP contribution in [0.1, 0.15) is 36.8 Å². The lowest BCUT2D eigenvalue weighted by molar-refractivity contribution is -0.162. The Morgan fingerprint density at radius 1 is 1.19 bits per heavy atom. The Bertz CT molecular complexity index is 707. The molecule has 1 unspecified atom stereocenters. The number of fused-ring (bicyclic) bond motifs is 1. The molecule has 1 aliphatic carbocycles. The lowest BCUT2D eigenvalue weighted by Gasteiger charge is -2.39. The minimum Gasteiger partial charge on any atom is -0.478 e. The van der Waals surface area contributed by atoms with Crippen LogP contribution in [0.25, 0.3) is 0 Å². The van der Waals surface area contributed by atoms with Crippen molar-refractivity contribution in [2.24, 2.45) is 0 Å². The fraction of sp³-hybridized carbons (Fsp3) is 0.579. The van der Waals surface area contributed by atoms with E-state index in [4.69, 9.17) is 4.74 Å². The number of carboxylic acid groups (broad SMARTS) is 1. The molecular formula is C19H25N3O4. The molecule has 2 aliphatic heterocycles. The molecule has 3 aliphatic rings. The number of carboxylic acids is 1. The molecule has 1 atom stereocenters. The van der Waals surface area contributed by atoms with Crippen LogP contribution >= 0.6 is 0 Å². The number of likely N-dealkylation sites (tertiary alicyclic amines) is 1. The maximum atomic E-state index is 12.5. The van der Waals surface area contributed by atoms with Crippen molar-refractivity contribution in [3.05, 3.63) is 29.3 Å². The van der Waals surface area contributed by atoms with Crippen LogP contribution in [0.4, 0.5) is 0 Å². The maximum Gasteiger partial charge on any atom is 0.348 e. The Balaban J connectivity index is 1.45. The summed E-state index contributed by atoms with van der Waals surface area (Å²) in [5.41, 5.74) is 7.27. The summed E-state index contributed by atoms with van der Waals surface area (Å²) >= 11 is 0. The van der Waals surface area contributed by atoms with E-state index in [9.17, 15) is 14.7 Å². The van der Waals surface area contributed by atoms with Gasteiger partial charge in [0.15, 0.2) is 0 Å². The standard InChI is InChI=1S/C19H25N3O4/c23-17(16-6-9-20-21-16)22-10-7-19(8-11-22,18(24)25)26-15-5-4-13-2-1-3-14(13)12-15/h4-5,12,16,20-21H,1-3,6-11H2,(H,24,25). The number of aryl methyl sites for hydroxylation is 2. The number of ether oxygens (including phenoxy) is 1. The molecular weight excluding hydrogens is 334 g/mol. The molecule has 26 heavy (non-hydrogen) atoms. The van der Waals surface area contributed by atoms with E-state index in [1.165, 1.54) is 11.1 Å². The van der Waals surface area contributed by atoms with Crippen LogP contribution < -0.4 is 15.6 Å². The van der Waals surface area contributed by atoms with Crippen LogP contribution in [0, 0.1) is 0 Å². The van der Waals surface area contributed by atoms with Gasteiger partial charge in [-0.15, -0.1) is 0 Å². The highest BCUT2D eigenvalue weighted by molar-refractivity contribution is 5.83. The molecule has 4 rings (SSSR count). The van der Waals surface area contributed by atoms with E-state index in [2.05, 4.69) is 10.9 Å². The molecule has 0 aromatic heterocycles. The summed E-state index contributed by atoms with van der Waals surface area (Å²) in [6.45, 7) is 1.56. The van der Waals surface area contributed by atoms with Gasteiger partial charge in [-0.3, -0.25) is 10.2 Å². The highest BCUT2D eigenvalue weighted by Gasteiger charge is 2.45. The van der Waals surface area contributed by atoms with E-state index in [1.54, 1.807) is 4.90 Å². The molecule has 0 spiro atoms. The molecule has 2 fully saturated rings. The van der Waals surface area contributed by atoms with Gasteiger partial charge in [-0.05, 0) is 48.9 Å². The minimum absolute atomic E-state index is 0.0338. The van der Waals surface area contributed by atoms with Crippen LogP contribution in [0.5, 0.6) is 5.75 Å². The van der Waals surface area contributed by atoms with Gasteiger partial charge in [0.1, 0.15) is 11.8 Å². The highest BCUT2D eigenvalue weighted by Crippen LogP contribution is 2.32. The van der Waals surface area contributed by atoms with Crippen LogP contribution in [0.15, 0.2) is 18.2 Å². The largest absolute Gasteiger partial charge is 0.478 e. The summed E-state index contributed by atoms with van der Waals surface area (Å²) < 4.78 is 6.02. The van der Waals surface area contributed by atoms with E-state index in [1.807, 2.05) is 18.2 Å². The first kappa shape index (κ1) is 17.3. The number of aliphatic carboxylic acids is 1. The molecule has 1 amide bonds. The number of hydrogen-bond acceptors (Lipinski definition) is 5. The molecule has 7 heteroatoms. The summed E-state index contributed by atoms with van der Waals surface area (Å²) in [4.78, 5) is 26.2. The van der Waals surface area contributed by atoms with Crippen molar-refractivity contribution in [2.45, 2.75) is 50.2 Å². The van der Waals surface area contributed by atoms with Crippen molar-refractivity contribution in [3.8, 4) is 5.75 Å². The first-order chi connectivity index (χ1) is 12.6. The van der Waals surface area contributed by atoms with Crippen molar-refractivity contribution in [1.82, 2.24) is 15.8 Å². The van der Waals surface area contributed by atoms with E-state index in [0.29, 0.717) is 31.7 Å². The van der Waals surface area contributed by atoms with E-state index < -0.39 is 11.6 Å². The third-order valence-electron chi connectivity index (χ3n) is 5.79. The lowest BCUT2D eigenvalue weighted by Crippen LogP contribution is -2.56. The predicted molar refractivity (Wildman–Crippen MR) is 94.8 cm³/mol. The predicted octanol–water partition coefficient (Wildman–Crippen LogP) is 0.866. The second-order valence-electron chi connectivity index (χ2n) is 7.42. The lowest BCUT2D eigenvalue weighted by atomic mass is 9.90. The smallest absolute Gasteiger partial charge is 0.348 e. The Labute approximate surface area is 152 Å². The van der Waals surface area contributed by atoms with E-state index in [0.717, 1.165) is 32.2 Å². The molecule has 1 aromatic rings. The molecule has 0 bridgehead atoms. The fourth-order valence-electron chi connectivity index (χ4n) is 4.17. The fourth-order valence-corrected chi connectivity index (χ4v) is 4.17. The van der Waals surface area contributed by atoms with Gasteiger partial charge in [0.2, 0.25) is 11.5 Å². The number of nitrogens with zero attached hydrogens (tertiary/aromatic N) is 1. The second-order valence-corrected chi connectivity index (χ2v) is 7.42. The van der Waals surface area contributed by atoms with Gasteiger partial charge < -0.3 is 14.7 Å². The number of hydrazine groups is 1. The molecule has 140 valence electrons. The Morgan fingerprint density at radius 3 is 2.65 bits per heavy atom. The third-order valence-corrected chi connectivity index (χ3v) is 5.79. The van der Waals surface area contributed by atoms with Crippen molar-refractivity contribution >= 4 is 11.9 Å². The normalized spacial score (nSPS) is 24.3. The molecule has 3 N–H and O–H groups in total. The Morgan fingerprint density at radius 2 is 1.96 bits per heavy atom. The quantitative estimate of drug-likeness (QED) is 0.739. The van der Waals surface area contributed by atoms with Crippen molar-refractivity contribution < 1.29 is 19.4 Å². The van der Waals surface area contributed by atoms with Crippen LogP contribution in [0.2, 0.25) is 0 Å². The summed E-state index contributed by atoms with van der Waals surface area (Å²) in [5, 5.41) is 9.83. The number of carbonyl (C=O) groups excluding carboxylic acids is 1. The van der Waals surface area contributed by atoms with Gasteiger partial charge in [-0.1, -0.05) is 6.07 Å². The van der Waals surface area contributed by atoms with Crippen molar-refractivity contribution in [1.29, 1.82) is 0 Å². The van der Waals surface area contributed by atoms with Crippen molar-refractivity contribution in [2.75, 3.05) is 19.6 Å². The molecule has 2 heterocycles. The SMILES string of the molecule is O=C(C1CCNN1)N1CCC(Oc2ccc3c(c2)CCC3)(C(=O)O)CC1. The second kappa shape index (κ2) is 6.89. The number of piperidine rings is 1. The average Bonchev–Trinajstić information content (AvgIpc) is 3.33. The van der Waals surface area contributed by atoms with E-state index in [-0.39, 0.29) is 11.9 Å². The van der Waals surface area contributed by atoms with Gasteiger partial charge >= 0.3 is 5.97 Å². The average molecular weight is 359 g/mol. The van der Waals surface area contributed by atoms with Crippen molar-refractivity contribution in [3.63, 3.8) is 0 Å². The topological polar surface area (TPSA) is 90.9 Å². The minimum atomic E-state index is -1.26. The third kappa shape index (κ3) is 3.17. The maximum absolute atomic E-state index is 12.5. The molecule has 1 aromatic carbocycles. The number of benzene rings is 1. The Kier molecular flexibility index (Phi) is 4.58. The first-order valence-electron chi connectivity index (χ1n) is 9.39.